The highest BCUT2D eigenvalue weighted by Gasteiger charge is 2.29. The maximum absolute atomic E-state index is 12.0. The number of ether oxygens (including phenoxy) is 1. The fourth-order valence-electron chi connectivity index (χ4n) is 2.71. The number of para-hydroxylation sites is 1. The predicted molar refractivity (Wildman–Crippen MR) is 79.4 cm³/mol. The number of rotatable bonds is 4. The summed E-state index contributed by atoms with van der Waals surface area (Å²) in [6.45, 7) is 0. The van der Waals surface area contributed by atoms with Crippen LogP contribution in [0.5, 0.6) is 5.75 Å². The molecule has 6 nitrogen and oxygen atoms in total. The lowest BCUT2D eigenvalue weighted by Crippen LogP contribution is -2.50. The van der Waals surface area contributed by atoms with Gasteiger partial charge >= 0.3 is 6.09 Å². The predicted octanol–water partition coefficient (Wildman–Crippen LogP) is 2.47. The van der Waals surface area contributed by atoms with Crippen LogP contribution >= 0.6 is 0 Å². The molecule has 21 heavy (non-hydrogen) atoms. The minimum Gasteiger partial charge on any atom is -0.410 e. The first-order valence-corrected chi connectivity index (χ1v) is 7.21. The molecule has 1 amide bonds. The molecule has 4 N–H and O–H groups in total. The molecular weight excluding hydrogens is 270 g/mol. The average molecular weight is 291 g/mol. The number of oxime groups is 1. The summed E-state index contributed by atoms with van der Waals surface area (Å²) in [6, 6.07) is 8.30. The van der Waals surface area contributed by atoms with E-state index in [1.807, 2.05) is 6.07 Å². The molecule has 2 rings (SSSR count). The number of carbonyl (C=O) groups excluding carboxylic acids is 1. The summed E-state index contributed by atoms with van der Waals surface area (Å²) in [5.74, 6) is 0.654. The number of benzene rings is 1. The Balaban J connectivity index is 1.99. The molecule has 0 bridgehead atoms. The summed E-state index contributed by atoms with van der Waals surface area (Å²) in [7, 11) is 0. The lowest BCUT2D eigenvalue weighted by molar-refractivity contribution is 0.191. The van der Waals surface area contributed by atoms with Gasteiger partial charge in [-0.15, -0.1) is 0 Å². The molecule has 0 aromatic heterocycles. The molecule has 1 aromatic rings. The van der Waals surface area contributed by atoms with Crippen molar-refractivity contribution in [2.24, 2.45) is 16.8 Å². The van der Waals surface area contributed by atoms with Crippen molar-refractivity contribution in [3.63, 3.8) is 0 Å². The third kappa shape index (κ3) is 4.37. The zero-order valence-corrected chi connectivity index (χ0v) is 11.9. The van der Waals surface area contributed by atoms with E-state index in [4.69, 9.17) is 15.7 Å². The second kappa shape index (κ2) is 7.52. The minimum atomic E-state index is -0.594. The Bertz CT molecular complexity index is 484. The van der Waals surface area contributed by atoms with E-state index in [-0.39, 0.29) is 11.8 Å². The molecule has 1 aliphatic carbocycles. The molecule has 1 unspecified atom stereocenters. The van der Waals surface area contributed by atoms with Gasteiger partial charge in [0.05, 0.1) is 6.04 Å². The first-order chi connectivity index (χ1) is 10.2. The summed E-state index contributed by atoms with van der Waals surface area (Å²) in [6.07, 6.45) is 4.68. The molecule has 0 heterocycles. The second-order valence-electron chi connectivity index (χ2n) is 5.25. The number of carbonyl (C=O) groups is 1. The van der Waals surface area contributed by atoms with Crippen LogP contribution in [0.3, 0.4) is 0 Å². The van der Waals surface area contributed by atoms with E-state index in [9.17, 15) is 4.79 Å². The van der Waals surface area contributed by atoms with Gasteiger partial charge in [-0.25, -0.2) is 4.79 Å². The summed E-state index contributed by atoms with van der Waals surface area (Å²) >= 11 is 0. The number of amides is 1. The van der Waals surface area contributed by atoms with Crippen molar-refractivity contribution < 1.29 is 14.7 Å². The Kier molecular flexibility index (Phi) is 5.43. The fourth-order valence-corrected chi connectivity index (χ4v) is 2.71. The molecule has 1 fully saturated rings. The standard InChI is InChI=1S/C15H21N3O3/c16-14(18-20)13(11-7-3-1-4-8-11)17-15(19)21-12-9-5-2-6-10-12/h2,5-6,9-11,13,20H,1,3-4,7-8H2,(H2,16,18)(H,17,19). The molecule has 1 aliphatic rings. The smallest absolute Gasteiger partial charge is 0.410 e. The van der Waals surface area contributed by atoms with E-state index in [0.717, 1.165) is 25.7 Å². The van der Waals surface area contributed by atoms with Crippen molar-refractivity contribution in [2.45, 2.75) is 38.1 Å². The lowest BCUT2D eigenvalue weighted by Gasteiger charge is -2.29. The van der Waals surface area contributed by atoms with Crippen molar-refractivity contribution in [2.75, 3.05) is 0 Å². The van der Waals surface area contributed by atoms with Crippen molar-refractivity contribution >= 4 is 11.9 Å². The van der Waals surface area contributed by atoms with Crippen molar-refractivity contribution in [1.29, 1.82) is 0 Å². The average Bonchev–Trinajstić information content (AvgIpc) is 2.53. The first kappa shape index (κ1) is 15.2. The van der Waals surface area contributed by atoms with Gasteiger partial charge in [-0.3, -0.25) is 0 Å². The maximum atomic E-state index is 12.0. The van der Waals surface area contributed by atoms with Gasteiger partial charge in [0.1, 0.15) is 5.75 Å². The van der Waals surface area contributed by atoms with E-state index in [2.05, 4.69) is 10.5 Å². The van der Waals surface area contributed by atoms with Crippen LogP contribution in [0.25, 0.3) is 0 Å². The van der Waals surface area contributed by atoms with Crippen molar-refractivity contribution in [3.05, 3.63) is 30.3 Å². The van der Waals surface area contributed by atoms with Gasteiger partial charge in [-0.1, -0.05) is 42.6 Å². The zero-order valence-electron chi connectivity index (χ0n) is 11.9. The molecule has 1 aromatic carbocycles. The Morgan fingerprint density at radius 1 is 1.29 bits per heavy atom. The van der Waals surface area contributed by atoms with E-state index in [0.29, 0.717) is 5.75 Å². The van der Waals surface area contributed by atoms with Crippen LogP contribution in [-0.4, -0.2) is 23.2 Å². The van der Waals surface area contributed by atoms with Crippen LogP contribution < -0.4 is 15.8 Å². The first-order valence-electron chi connectivity index (χ1n) is 7.21. The fraction of sp³-hybridized carbons (Fsp3) is 0.467. The van der Waals surface area contributed by atoms with E-state index in [1.54, 1.807) is 24.3 Å². The largest absolute Gasteiger partial charge is 0.413 e. The Labute approximate surface area is 124 Å². The summed E-state index contributed by atoms with van der Waals surface area (Å²) in [5, 5.41) is 14.7. The SMILES string of the molecule is N/C(=N/O)C(NC(=O)Oc1ccccc1)C1CCCCC1. The topological polar surface area (TPSA) is 96.9 Å². The highest BCUT2D eigenvalue weighted by molar-refractivity contribution is 5.89. The van der Waals surface area contributed by atoms with E-state index < -0.39 is 12.1 Å². The second-order valence-corrected chi connectivity index (χ2v) is 5.25. The third-order valence-corrected chi connectivity index (χ3v) is 3.78. The van der Waals surface area contributed by atoms with Crippen molar-refractivity contribution in [1.82, 2.24) is 5.32 Å². The molecule has 0 aliphatic heterocycles. The van der Waals surface area contributed by atoms with E-state index in [1.165, 1.54) is 6.42 Å². The number of nitrogens with one attached hydrogen (secondary N) is 1. The normalized spacial score (nSPS) is 18.0. The molecule has 114 valence electrons. The Morgan fingerprint density at radius 3 is 2.57 bits per heavy atom. The molecule has 1 atom stereocenters. The molecular formula is C15H21N3O3. The maximum Gasteiger partial charge on any atom is 0.413 e. The van der Waals surface area contributed by atoms with Crippen LogP contribution in [-0.2, 0) is 0 Å². The quantitative estimate of drug-likeness (QED) is 0.343. The van der Waals surface area contributed by atoms with Gasteiger partial charge in [0.2, 0.25) is 0 Å². The number of nitrogens with zero attached hydrogens (tertiary/aromatic N) is 1. The lowest BCUT2D eigenvalue weighted by atomic mass is 9.83. The summed E-state index contributed by atoms with van der Waals surface area (Å²) in [5.41, 5.74) is 5.72. The van der Waals surface area contributed by atoms with Crippen LogP contribution in [0.15, 0.2) is 35.5 Å². The zero-order chi connectivity index (χ0) is 15.1. The highest BCUT2D eigenvalue weighted by Crippen LogP contribution is 2.26. The molecule has 0 spiro atoms. The van der Waals surface area contributed by atoms with E-state index >= 15 is 0 Å². The molecule has 1 saturated carbocycles. The Hall–Kier alpha value is -2.24. The van der Waals surface area contributed by atoms with Gasteiger partial charge < -0.3 is 21.0 Å². The van der Waals surface area contributed by atoms with Gasteiger partial charge in [0.25, 0.3) is 0 Å². The third-order valence-electron chi connectivity index (χ3n) is 3.78. The van der Waals surface area contributed by atoms with Crippen LogP contribution in [0.4, 0.5) is 4.79 Å². The Morgan fingerprint density at radius 2 is 1.95 bits per heavy atom. The van der Waals surface area contributed by atoms with Crippen LogP contribution in [0.2, 0.25) is 0 Å². The van der Waals surface area contributed by atoms with Gasteiger partial charge in [0, 0.05) is 0 Å². The number of hydrogen-bond donors (Lipinski definition) is 3. The molecule has 0 saturated heterocycles. The number of hydrogen-bond acceptors (Lipinski definition) is 4. The van der Waals surface area contributed by atoms with Gasteiger partial charge in [-0.2, -0.15) is 0 Å². The number of amidine groups is 1. The van der Waals surface area contributed by atoms with Crippen LogP contribution in [0, 0.1) is 5.92 Å². The summed E-state index contributed by atoms with van der Waals surface area (Å²) in [4.78, 5) is 12.0. The van der Waals surface area contributed by atoms with Gasteiger partial charge in [0.15, 0.2) is 5.84 Å². The monoisotopic (exact) mass is 291 g/mol. The number of nitrogens with two attached hydrogens (primary N) is 1. The van der Waals surface area contributed by atoms with Crippen LogP contribution in [0.1, 0.15) is 32.1 Å². The summed E-state index contributed by atoms with van der Waals surface area (Å²) < 4.78 is 5.19. The molecule has 6 heteroatoms. The van der Waals surface area contributed by atoms with Crippen molar-refractivity contribution in [3.8, 4) is 5.75 Å². The highest BCUT2D eigenvalue weighted by atomic mass is 16.6. The molecule has 0 radical (unpaired) electrons. The minimum absolute atomic E-state index is 0.0203. The van der Waals surface area contributed by atoms with Gasteiger partial charge in [-0.05, 0) is 30.9 Å².